The average molecular weight is 312 g/mol. The Bertz CT molecular complexity index is 442. The van der Waals surface area contributed by atoms with Crippen molar-refractivity contribution in [3.8, 4) is 0 Å². The van der Waals surface area contributed by atoms with E-state index in [1.807, 2.05) is 12.1 Å². The summed E-state index contributed by atoms with van der Waals surface area (Å²) < 4.78 is 13.6. The molecule has 18 heavy (non-hydrogen) atoms. The Morgan fingerprint density at radius 1 is 1.28 bits per heavy atom. The van der Waals surface area contributed by atoms with Crippen molar-refractivity contribution in [2.45, 2.75) is 44.6 Å². The molecule has 1 aromatic rings. The van der Waals surface area contributed by atoms with Gasteiger partial charge in [0.15, 0.2) is 0 Å². The molecule has 1 nitrogen and oxygen atoms in total. The average Bonchev–Trinajstić information content (AvgIpc) is 2.35. The van der Waals surface area contributed by atoms with E-state index in [1.54, 1.807) is 0 Å². The molecule has 0 amide bonds. The molecule has 0 spiro atoms. The Hall–Kier alpha value is -0.670. The summed E-state index contributed by atoms with van der Waals surface area (Å²) in [5.41, 5.74) is 8.76. The topological polar surface area (TPSA) is 26.0 Å². The van der Waals surface area contributed by atoms with Crippen LogP contribution in [0.2, 0.25) is 0 Å². The quantitative estimate of drug-likeness (QED) is 0.822. The van der Waals surface area contributed by atoms with Crippen molar-refractivity contribution in [1.29, 1.82) is 0 Å². The first-order valence-electron chi connectivity index (χ1n) is 6.52. The first-order chi connectivity index (χ1) is 8.65. The van der Waals surface area contributed by atoms with Crippen molar-refractivity contribution in [3.63, 3.8) is 0 Å². The molecule has 0 aliphatic heterocycles. The number of hydrogen-bond acceptors (Lipinski definition) is 1. The third-order valence-corrected chi connectivity index (χ3v) is 4.00. The summed E-state index contributed by atoms with van der Waals surface area (Å²) in [4.78, 5) is 0. The van der Waals surface area contributed by atoms with Crippen LogP contribution < -0.4 is 5.73 Å². The summed E-state index contributed by atoms with van der Waals surface area (Å²) in [5.74, 6) is -0.220. The number of nitrogens with two attached hydrogens (primary N) is 1. The monoisotopic (exact) mass is 311 g/mol. The number of halogens is 2. The zero-order chi connectivity index (χ0) is 13.0. The molecule has 0 bridgehead atoms. The van der Waals surface area contributed by atoms with Gasteiger partial charge in [-0.25, -0.2) is 4.39 Å². The lowest BCUT2D eigenvalue weighted by Gasteiger charge is -2.17. The number of rotatable bonds is 4. The van der Waals surface area contributed by atoms with E-state index in [2.05, 4.69) is 22.0 Å². The van der Waals surface area contributed by atoms with Gasteiger partial charge in [-0.15, -0.1) is 0 Å². The second-order valence-electron chi connectivity index (χ2n) is 5.02. The van der Waals surface area contributed by atoms with Crippen LogP contribution in [0.25, 0.3) is 0 Å². The van der Waals surface area contributed by atoms with Crippen LogP contribution in [0, 0.1) is 5.82 Å². The Labute approximate surface area is 116 Å². The standard InChI is InChI=1S/C15H19BrFN/c16-14-10-12(6-7-15(14)17)9-13(18)8-11-4-2-1-3-5-11/h4,6-7,10,13H,1-3,5,8-9,18H2. The van der Waals surface area contributed by atoms with E-state index in [0.717, 1.165) is 18.4 Å². The third-order valence-electron chi connectivity index (χ3n) is 3.39. The highest BCUT2D eigenvalue weighted by Crippen LogP contribution is 2.23. The van der Waals surface area contributed by atoms with Gasteiger partial charge >= 0.3 is 0 Å². The van der Waals surface area contributed by atoms with Gasteiger partial charge in [-0.05, 0) is 72.2 Å². The first kappa shape index (κ1) is 13.8. The van der Waals surface area contributed by atoms with Crippen LogP contribution in [0.5, 0.6) is 0 Å². The zero-order valence-electron chi connectivity index (χ0n) is 10.5. The molecule has 0 radical (unpaired) electrons. The molecule has 1 atom stereocenters. The minimum Gasteiger partial charge on any atom is -0.327 e. The normalized spacial score (nSPS) is 17.4. The Morgan fingerprint density at radius 2 is 2.11 bits per heavy atom. The molecule has 0 saturated carbocycles. The molecular weight excluding hydrogens is 293 g/mol. The fraction of sp³-hybridized carbons (Fsp3) is 0.467. The highest BCUT2D eigenvalue weighted by molar-refractivity contribution is 9.10. The fourth-order valence-electron chi connectivity index (χ4n) is 2.47. The Balaban J connectivity index is 1.92. The summed E-state index contributed by atoms with van der Waals surface area (Å²) >= 11 is 3.21. The second-order valence-corrected chi connectivity index (χ2v) is 5.88. The highest BCUT2D eigenvalue weighted by atomic mass is 79.9. The summed E-state index contributed by atoms with van der Waals surface area (Å²) in [7, 11) is 0. The van der Waals surface area contributed by atoms with Crippen molar-refractivity contribution < 1.29 is 4.39 Å². The summed E-state index contributed by atoms with van der Waals surface area (Å²) in [6.45, 7) is 0. The molecule has 0 fully saturated rings. The van der Waals surface area contributed by atoms with Gasteiger partial charge in [0, 0.05) is 6.04 Å². The molecule has 1 aliphatic carbocycles. The number of hydrogen-bond donors (Lipinski definition) is 1. The molecule has 2 rings (SSSR count). The molecule has 98 valence electrons. The van der Waals surface area contributed by atoms with Crippen LogP contribution in [0.4, 0.5) is 4.39 Å². The van der Waals surface area contributed by atoms with E-state index in [-0.39, 0.29) is 11.9 Å². The van der Waals surface area contributed by atoms with Crippen LogP contribution in [-0.4, -0.2) is 6.04 Å². The third kappa shape index (κ3) is 3.92. The molecule has 0 aromatic heterocycles. The molecule has 0 saturated heterocycles. The molecule has 1 aromatic carbocycles. The van der Waals surface area contributed by atoms with Gasteiger partial charge in [0.1, 0.15) is 5.82 Å². The van der Waals surface area contributed by atoms with Gasteiger partial charge in [0.25, 0.3) is 0 Å². The van der Waals surface area contributed by atoms with Gasteiger partial charge in [-0.1, -0.05) is 17.7 Å². The Morgan fingerprint density at radius 3 is 2.78 bits per heavy atom. The molecule has 0 heterocycles. The van der Waals surface area contributed by atoms with E-state index < -0.39 is 0 Å². The van der Waals surface area contributed by atoms with E-state index in [0.29, 0.717) is 4.47 Å². The molecule has 2 N–H and O–H groups in total. The van der Waals surface area contributed by atoms with E-state index in [4.69, 9.17) is 5.73 Å². The first-order valence-corrected chi connectivity index (χ1v) is 7.32. The summed E-state index contributed by atoms with van der Waals surface area (Å²) in [6, 6.07) is 5.26. The van der Waals surface area contributed by atoms with Crippen molar-refractivity contribution >= 4 is 15.9 Å². The van der Waals surface area contributed by atoms with Gasteiger partial charge in [0.2, 0.25) is 0 Å². The smallest absolute Gasteiger partial charge is 0.137 e. The maximum atomic E-state index is 13.1. The van der Waals surface area contributed by atoms with Gasteiger partial charge in [-0.3, -0.25) is 0 Å². The van der Waals surface area contributed by atoms with Crippen molar-refractivity contribution in [2.24, 2.45) is 5.73 Å². The minimum absolute atomic E-state index is 0.131. The lowest BCUT2D eigenvalue weighted by molar-refractivity contribution is 0.601. The molecule has 1 aliphatic rings. The molecular formula is C15H19BrFN. The van der Waals surface area contributed by atoms with Crippen LogP contribution in [-0.2, 0) is 6.42 Å². The van der Waals surface area contributed by atoms with E-state index in [9.17, 15) is 4.39 Å². The maximum Gasteiger partial charge on any atom is 0.137 e. The van der Waals surface area contributed by atoms with Gasteiger partial charge in [0.05, 0.1) is 4.47 Å². The SMILES string of the molecule is NC(CC1=CCCCC1)Cc1ccc(F)c(Br)c1. The van der Waals surface area contributed by atoms with Crippen LogP contribution in [0.15, 0.2) is 34.3 Å². The fourth-order valence-corrected chi connectivity index (χ4v) is 2.89. The van der Waals surface area contributed by atoms with Crippen LogP contribution >= 0.6 is 15.9 Å². The van der Waals surface area contributed by atoms with Gasteiger partial charge < -0.3 is 5.73 Å². The summed E-state index contributed by atoms with van der Waals surface area (Å²) in [6.07, 6.45) is 9.10. The predicted molar refractivity (Wildman–Crippen MR) is 76.9 cm³/mol. The van der Waals surface area contributed by atoms with Crippen molar-refractivity contribution in [2.75, 3.05) is 0 Å². The predicted octanol–water partition coefficient (Wildman–Crippen LogP) is 4.35. The molecule has 1 unspecified atom stereocenters. The van der Waals surface area contributed by atoms with Crippen molar-refractivity contribution in [3.05, 3.63) is 45.7 Å². The lowest BCUT2D eigenvalue weighted by atomic mass is 9.92. The van der Waals surface area contributed by atoms with Gasteiger partial charge in [-0.2, -0.15) is 0 Å². The minimum atomic E-state index is -0.220. The van der Waals surface area contributed by atoms with E-state index >= 15 is 0 Å². The molecule has 3 heteroatoms. The maximum absolute atomic E-state index is 13.1. The van der Waals surface area contributed by atoms with Crippen LogP contribution in [0.3, 0.4) is 0 Å². The van der Waals surface area contributed by atoms with Crippen LogP contribution in [0.1, 0.15) is 37.7 Å². The number of allylic oxidation sites excluding steroid dienone is 1. The summed E-state index contributed by atoms with van der Waals surface area (Å²) in [5, 5.41) is 0. The largest absolute Gasteiger partial charge is 0.327 e. The number of benzene rings is 1. The van der Waals surface area contributed by atoms with E-state index in [1.165, 1.54) is 37.3 Å². The zero-order valence-corrected chi connectivity index (χ0v) is 12.0. The Kier molecular flexibility index (Phi) is 4.95. The highest BCUT2D eigenvalue weighted by Gasteiger charge is 2.10. The van der Waals surface area contributed by atoms with Crippen molar-refractivity contribution in [1.82, 2.24) is 0 Å². The lowest BCUT2D eigenvalue weighted by Crippen LogP contribution is -2.23. The second kappa shape index (κ2) is 6.48.